The second kappa shape index (κ2) is 16.2. The monoisotopic (exact) mass is 500 g/mol. The average Bonchev–Trinajstić information content (AvgIpc) is 2.75. The van der Waals surface area contributed by atoms with E-state index in [2.05, 4.69) is 10.6 Å². The Morgan fingerprint density at radius 3 is 1.71 bits per heavy atom. The van der Waals surface area contributed by atoms with E-state index in [9.17, 15) is 29.1 Å². The molecule has 202 valence electrons. The Morgan fingerprint density at radius 2 is 1.29 bits per heavy atom. The van der Waals surface area contributed by atoms with Crippen molar-refractivity contribution in [1.82, 2.24) is 10.6 Å². The van der Waals surface area contributed by atoms with Crippen molar-refractivity contribution in [3.05, 3.63) is 0 Å². The lowest BCUT2D eigenvalue weighted by Crippen LogP contribution is -2.46. The van der Waals surface area contributed by atoms with Gasteiger partial charge in [0.2, 0.25) is 5.91 Å². The van der Waals surface area contributed by atoms with Crippen molar-refractivity contribution >= 4 is 29.6 Å². The number of nitrogens with one attached hydrogen (secondary N) is 2. The number of Topliss-reactive ketones (excluding diaryl/α,β-unsaturated/α-hetero) is 1. The minimum absolute atomic E-state index is 0.0558. The van der Waals surface area contributed by atoms with E-state index in [0.29, 0.717) is 32.1 Å². The normalized spacial score (nSPS) is 14.7. The number of carbonyl (C=O) groups excluding carboxylic acids is 4. The Morgan fingerprint density at radius 1 is 0.829 bits per heavy atom. The van der Waals surface area contributed by atoms with Crippen LogP contribution in [0.5, 0.6) is 0 Å². The van der Waals surface area contributed by atoms with Crippen molar-refractivity contribution in [2.75, 3.05) is 20.3 Å². The number of rotatable bonds is 18. The summed E-state index contributed by atoms with van der Waals surface area (Å²) in [7, 11) is 1.62. The lowest BCUT2D eigenvalue weighted by molar-refractivity contribution is -0.168. The fraction of sp³-hybridized carbons (Fsp3) is 0.800. The Labute approximate surface area is 208 Å². The van der Waals surface area contributed by atoms with Crippen LogP contribution in [0.15, 0.2) is 0 Å². The predicted octanol–water partition coefficient (Wildman–Crippen LogP) is 2.48. The van der Waals surface area contributed by atoms with Crippen LogP contribution in [0.2, 0.25) is 0 Å². The van der Waals surface area contributed by atoms with Gasteiger partial charge in [-0.3, -0.25) is 14.4 Å². The molecule has 0 aromatic heterocycles. The topological polar surface area (TPSA) is 148 Å². The lowest BCUT2D eigenvalue weighted by Gasteiger charge is -2.27. The summed E-state index contributed by atoms with van der Waals surface area (Å²) in [6, 6.07) is -1.51. The molecule has 0 rings (SSSR count). The van der Waals surface area contributed by atoms with Crippen molar-refractivity contribution in [1.29, 1.82) is 0 Å². The van der Waals surface area contributed by atoms with E-state index < -0.39 is 48.6 Å². The van der Waals surface area contributed by atoms with Crippen LogP contribution < -0.4 is 10.6 Å². The zero-order valence-corrected chi connectivity index (χ0v) is 22.3. The van der Waals surface area contributed by atoms with Gasteiger partial charge in [0, 0.05) is 12.8 Å². The molecular formula is C25H44N2O8. The number of aliphatic carboxylic acids is 1. The van der Waals surface area contributed by atoms with Crippen molar-refractivity contribution in [3.8, 4) is 0 Å². The maximum absolute atomic E-state index is 12.7. The fourth-order valence-corrected chi connectivity index (χ4v) is 3.24. The highest BCUT2D eigenvalue weighted by atomic mass is 16.6. The minimum Gasteiger partial charge on any atom is -0.481 e. The molecule has 0 bridgehead atoms. The first-order valence-electron chi connectivity index (χ1n) is 12.2. The molecule has 0 aliphatic heterocycles. The maximum atomic E-state index is 12.7. The number of carboxylic acids is 1. The molecular weight excluding hydrogens is 456 g/mol. The molecule has 0 aliphatic rings. The first-order chi connectivity index (χ1) is 16.2. The Balaban J connectivity index is 5.05. The summed E-state index contributed by atoms with van der Waals surface area (Å²) in [6.07, 6.45) is 2.51. The Hall–Kier alpha value is -2.49. The molecule has 10 heteroatoms. The molecule has 3 unspecified atom stereocenters. The molecule has 3 N–H and O–H groups in total. The second-order valence-electron chi connectivity index (χ2n) is 10.2. The van der Waals surface area contributed by atoms with Gasteiger partial charge in [0.05, 0.1) is 0 Å². The standard InChI is InChI=1S/C25H44N2O8/c1-16(2)12-19(26-7)22(30)34-14-25(6,24(32)33)15-35-23(31)20(13-17(3)4)27-21(29)11-9-8-10-18(5)28/h16-17,19-20,26H,8-15H2,1-7H3,(H,27,29)(H,32,33). The van der Waals surface area contributed by atoms with Gasteiger partial charge in [-0.05, 0) is 58.4 Å². The van der Waals surface area contributed by atoms with Crippen LogP contribution in [0.3, 0.4) is 0 Å². The fourth-order valence-electron chi connectivity index (χ4n) is 3.24. The average molecular weight is 501 g/mol. The smallest absolute Gasteiger partial charge is 0.328 e. The zero-order chi connectivity index (χ0) is 27.2. The molecule has 35 heavy (non-hydrogen) atoms. The Kier molecular flexibility index (Phi) is 15.1. The first kappa shape index (κ1) is 32.5. The van der Waals surface area contributed by atoms with Gasteiger partial charge in [-0.1, -0.05) is 27.7 Å². The number of likely N-dealkylation sites (N-methyl/N-ethyl adjacent to an activating group) is 1. The van der Waals surface area contributed by atoms with Gasteiger partial charge in [-0.2, -0.15) is 0 Å². The molecule has 0 aliphatic carbocycles. The maximum Gasteiger partial charge on any atom is 0.328 e. The van der Waals surface area contributed by atoms with E-state index in [1.165, 1.54) is 13.8 Å². The van der Waals surface area contributed by atoms with Crippen molar-refractivity contribution in [3.63, 3.8) is 0 Å². The largest absolute Gasteiger partial charge is 0.481 e. The van der Waals surface area contributed by atoms with E-state index >= 15 is 0 Å². The van der Waals surface area contributed by atoms with Gasteiger partial charge in [0.1, 0.15) is 36.5 Å². The van der Waals surface area contributed by atoms with E-state index in [4.69, 9.17) is 9.47 Å². The summed E-state index contributed by atoms with van der Waals surface area (Å²) in [5.41, 5.74) is -1.65. The van der Waals surface area contributed by atoms with Crippen LogP contribution in [-0.4, -0.2) is 67.0 Å². The van der Waals surface area contributed by atoms with Gasteiger partial charge in [-0.25, -0.2) is 4.79 Å². The summed E-state index contributed by atoms with van der Waals surface area (Å²) in [5.74, 6) is -2.59. The molecule has 0 aromatic carbocycles. The number of unbranched alkanes of at least 4 members (excludes halogenated alkanes) is 1. The highest BCUT2D eigenvalue weighted by Gasteiger charge is 2.38. The second-order valence-corrected chi connectivity index (χ2v) is 10.2. The molecule has 0 spiro atoms. The summed E-state index contributed by atoms with van der Waals surface area (Å²) in [6.45, 7) is 9.51. The van der Waals surface area contributed by atoms with Gasteiger partial charge in [0.25, 0.3) is 0 Å². The number of hydrogen-bond donors (Lipinski definition) is 3. The number of carboxylic acid groups (broad SMARTS) is 1. The molecule has 0 aromatic rings. The highest BCUT2D eigenvalue weighted by Crippen LogP contribution is 2.20. The van der Waals surface area contributed by atoms with E-state index in [1.54, 1.807) is 7.05 Å². The number of carbonyl (C=O) groups is 5. The molecule has 0 heterocycles. The predicted molar refractivity (Wildman–Crippen MR) is 130 cm³/mol. The van der Waals surface area contributed by atoms with E-state index in [-0.39, 0.29) is 29.9 Å². The molecule has 0 radical (unpaired) electrons. The number of hydrogen-bond acceptors (Lipinski definition) is 8. The van der Waals surface area contributed by atoms with Crippen LogP contribution in [0.25, 0.3) is 0 Å². The zero-order valence-electron chi connectivity index (χ0n) is 22.3. The van der Waals surface area contributed by atoms with Gasteiger partial charge < -0.3 is 30.0 Å². The molecule has 10 nitrogen and oxygen atoms in total. The molecule has 0 saturated heterocycles. The van der Waals surface area contributed by atoms with Crippen LogP contribution in [0.4, 0.5) is 0 Å². The van der Waals surface area contributed by atoms with Gasteiger partial charge in [-0.15, -0.1) is 0 Å². The summed E-state index contributed by atoms with van der Waals surface area (Å²) in [5, 5.41) is 15.2. The lowest BCUT2D eigenvalue weighted by atomic mass is 9.93. The molecule has 3 atom stereocenters. The van der Waals surface area contributed by atoms with Crippen molar-refractivity contribution < 1.29 is 38.6 Å². The van der Waals surface area contributed by atoms with Gasteiger partial charge >= 0.3 is 17.9 Å². The first-order valence-corrected chi connectivity index (χ1v) is 12.2. The Bertz CT molecular complexity index is 722. The number of esters is 2. The van der Waals surface area contributed by atoms with E-state index in [1.807, 2.05) is 27.7 Å². The molecule has 0 fully saturated rings. The summed E-state index contributed by atoms with van der Waals surface area (Å²) >= 11 is 0. The SMILES string of the molecule is CNC(CC(C)C)C(=O)OCC(C)(COC(=O)C(CC(C)C)NC(=O)CCCCC(C)=O)C(=O)O. The van der Waals surface area contributed by atoms with Crippen LogP contribution in [0.1, 0.15) is 80.1 Å². The quantitative estimate of drug-likeness (QED) is 0.191. The number of ketones is 1. The third-order valence-corrected chi connectivity index (χ3v) is 5.43. The van der Waals surface area contributed by atoms with Gasteiger partial charge in [0.15, 0.2) is 0 Å². The van der Waals surface area contributed by atoms with Crippen molar-refractivity contribution in [2.45, 2.75) is 92.2 Å². The third kappa shape index (κ3) is 13.9. The minimum atomic E-state index is -1.65. The van der Waals surface area contributed by atoms with E-state index in [0.717, 1.165) is 0 Å². The summed E-state index contributed by atoms with van der Waals surface area (Å²) < 4.78 is 10.5. The van der Waals surface area contributed by atoms with Crippen LogP contribution in [0, 0.1) is 17.3 Å². The van der Waals surface area contributed by atoms with Crippen LogP contribution >= 0.6 is 0 Å². The molecule has 0 saturated carbocycles. The summed E-state index contributed by atoms with van der Waals surface area (Å²) in [4.78, 5) is 60.3. The number of amides is 1. The highest BCUT2D eigenvalue weighted by molar-refractivity contribution is 5.85. The third-order valence-electron chi connectivity index (χ3n) is 5.43. The van der Waals surface area contributed by atoms with Crippen LogP contribution in [-0.2, 0) is 33.4 Å². The molecule has 1 amide bonds. The van der Waals surface area contributed by atoms with Crippen molar-refractivity contribution in [2.24, 2.45) is 17.3 Å². The number of ether oxygens (including phenoxy) is 2.